The lowest BCUT2D eigenvalue weighted by molar-refractivity contribution is -0.137. The molecule has 12 heteroatoms. The number of anilines is 1. The van der Waals surface area contributed by atoms with Crippen LogP contribution in [0.1, 0.15) is 34.7 Å². The van der Waals surface area contributed by atoms with Crippen molar-refractivity contribution in [3.8, 4) is 17.0 Å². The molecule has 38 heavy (non-hydrogen) atoms. The zero-order valence-corrected chi connectivity index (χ0v) is 20.6. The first kappa shape index (κ1) is 25.6. The van der Waals surface area contributed by atoms with Crippen LogP contribution in [0.2, 0.25) is 0 Å². The summed E-state index contributed by atoms with van der Waals surface area (Å²) in [6.45, 7) is 1.64. The van der Waals surface area contributed by atoms with E-state index in [1.807, 2.05) is 0 Å². The zero-order valence-electron chi connectivity index (χ0n) is 19.8. The van der Waals surface area contributed by atoms with Crippen LogP contribution in [-0.2, 0) is 16.2 Å². The molecule has 0 unspecified atom stereocenters. The molecule has 0 saturated carbocycles. The zero-order chi connectivity index (χ0) is 27.1. The third-order valence-corrected chi connectivity index (χ3v) is 7.51. The lowest BCUT2D eigenvalue weighted by Crippen LogP contribution is -2.19. The second kappa shape index (κ2) is 9.67. The first-order valence-corrected chi connectivity index (χ1v) is 12.9. The predicted octanol–water partition coefficient (Wildman–Crippen LogP) is 5.72. The summed E-state index contributed by atoms with van der Waals surface area (Å²) in [6, 6.07) is 11.8. The van der Waals surface area contributed by atoms with Crippen LogP contribution in [0.15, 0.2) is 71.9 Å². The van der Waals surface area contributed by atoms with Gasteiger partial charge in [0.2, 0.25) is 5.95 Å². The van der Waals surface area contributed by atoms with Gasteiger partial charge in [0.25, 0.3) is 10.0 Å². The average Bonchev–Trinajstić information content (AvgIpc) is 2.89. The number of nitrogens with one attached hydrogen (secondary N) is 1. The largest absolute Gasteiger partial charge is 0.493 e. The molecule has 1 N–H and O–H groups in total. The fraction of sp³-hybridized carbons (Fsp3) is 0.192. The van der Waals surface area contributed by atoms with Gasteiger partial charge in [0.15, 0.2) is 0 Å². The van der Waals surface area contributed by atoms with E-state index in [9.17, 15) is 26.0 Å². The van der Waals surface area contributed by atoms with Crippen molar-refractivity contribution >= 4 is 16.0 Å². The van der Waals surface area contributed by atoms with E-state index in [-0.39, 0.29) is 40.2 Å². The van der Waals surface area contributed by atoms with Gasteiger partial charge >= 0.3 is 6.18 Å². The van der Waals surface area contributed by atoms with Gasteiger partial charge in [0.05, 0.1) is 28.5 Å². The average molecular weight is 545 g/mol. The van der Waals surface area contributed by atoms with E-state index in [1.54, 1.807) is 12.1 Å². The number of ether oxygens (including phenoxy) is 1. The van der Waals surface area contributed by atoms with Crippen molar-refractivity contribution in [3.63, 3.8) is 0 Å². The Bertz CT molecular complexity index is 1610. The van der Waals surface area contributed by atoms with Crippen LogP contribution in [0, 0.1) is 12.7 Å². The molecule has 0 spiro atoms. The van der Waals surface area contributed by atoms with Crippen LogP contribution >= 0.6 is 0 Å². The highest BCUT2D eigenvalue weighted by Gasteiger charge is 2.33. The predicted molar refractivity (Wildman–Crippen MR) is 131 cm³/mol. The van der Waals surface area contributed by atoms with Crippen LogP contribution < -0.4 is 9.46 Å². The van der Waals surface area contributed by atoms with E-state index in [0.717, 1.165) is 12.1 Å². The normalized spacial score (nSPS) is 15.4. The molecule has 0 bridgehead atoms. The highest BCUT2D eigenvalue weighted by Crippen LogP contribution is 2.44. The van der Waals surface area contributed by atoms with Gasteiger partial charge in [-0.15, -0.1) is 0 Å². The van der Waals surface area contributed by atoms with Crippen LogP contribution in [0.5, 0.6) is 5.75 Å². The fourth-order valence-electron chi connectivity index (χ4n) is 4.34. The molecule has 5 rings (SSSR count). The van der Waals surface area contributed by atoms with E-state index in [1.165, 1.54) is 49.6 Å². The molecule has 0 radical (unpaired) electrons. The number of halogens is 4. The highest BCUT2D eigenvalue weighted by molar-refractivity contribution is 7.92. The maximum Gasteiger partial charge on any atom is 0.416 e. The minimum Gasteiger partial charge on any atom is -0.493 e. The van der Waals surface area contributed by atoms with Crippen molar-refractivity contribution in [2.75, 3.05) is 11.3 Å². The van der Waals surface area contributed by atoms with E-state index in [0.29, 0.717) is 17.5 Å². The maximum absolute atomic E-state index is 13.9. The number of aromatic nitrogens is 3. The maximum atomic E-state index is 13.9. The Kier molecular flexibility index (Phi) is 6.51. The van der Waals surface area contributed by atoms with Gasteiger partial charge < -0.3 is 4.74 Å². The molecule has 1 aliphatic heterocycles. The smallest absolute Gasteiger partial charge is 0.416 e. The van der Waals surface area contributed by atoms with Crippen LogP contribution in [0.4, 0.5) is 23.5 Å². The lowest BCUT2D eigenvalue weighted by Gasteiger charge is -2.28. The third-order valence-electron chi connectivity index (χ3n) is 6.18. The first-order chi connectivity index (χ1) is 18.0. The van der Waals surface area contributed by atoms with Gasteiger partial charge in [-0.25, -0.2) is 27.5 Å². The number of sulfonamides is 1. The van der Waals surface area contributed by atoms with E-state index >= 15 is 0 Å². The molecule has 0 fully saturated rings. The molecule has 1 aliphatic rings. The number of pyridine rings is 1. The van der Waals surface area contributed by atoms with Crippen LogP contribution in [0.25, 0.3) is 11.3 Å². The van der Waals surface area contributed by atoms with Crippen molar-refractivity contribution in [1.29, 1.82) is 0 Å². The highest BCUT2D eigenvalue weighted by atomic mass is 32.2. The van der Waals surface area contributed by atoms with Gasteiger partial charge in [-0.1, -0.05) is 12.1 Å². The van der Waals surface area contributed by atoms with Crippen LogP contribution in [0.3, 0.4) is 0 Å². The molecule has 3 heterocycles. The monoisotopic (exact) mass is 544 g/mol. The Labute approximate surface area is 215 Å². The van der Waals surface area contributed by atoms with Crippen molar-refractivity contribution in [3.05, 3.63) is 95.2 Å². The second-order valence-corrected chi connectivity index (χ2v) is 10.3. The molecule has 0 amide bonds. The number of benzene rings is 2. The molecular weight excluding hydrogens is 524 g/mol. The molecule has 2 aromatic carbocycles. The molecule has 0 aliphatic carbocycles. The van der Waals surface area contributed by atoms with Crippen molar-refractivity contribution in [2.45, 2.75) is 30.3 Å². The van der Waals surface area contributed by atoms with Gasteiger partial charge in [-0.05, 0) is 55.3 Å². The molecule has 7 nitrogen and oxygen atoms in total. The second-order valence-electron chi connectivity index (χ2n) is 8.63. The molecule has 1 atom stereocenters. The topological polar surface area (TPSA) is 94.1 Å². The standard InChI is InChI=1S/C26H20F4N4O3S/c1-15-22(27)7-8-23(33-15)21-13-16(26(28,29)30)3-5-18(21)19-9-12-37-24-14-17(4-6-20(19)24)38(35,36)34-25-31-10-2-11-32-25/h2-8,10-11,13-14,19H,9,12H2,1H3,(H,31,32,34)/t19-/m1/s1. The summed E-state index contributed by atoms with van der Waals surface area (Å²) in [5, 5.41) is 0. The fourth-order valence-corrected chi connectivity index (χ4v) is 5.32. The summed E-state index contributed by atoms with van der Waals surface area (Å²) in [6.07, 6.45) is -1.38. The van der Waals surface area contributed by atoms with Crippen molar-refractivity contribution in [1.82, 2.24) is 15.0 Å². The number of aryl methyl sites for hydroxylation is 1. The summed E-state index contributed by atoms with van der Waals surface area (Å²) in [7, 11) is -4.04. The van der Waals surface area contributed by atoms with Gasteiger partial charge in [0, 0.05) is 35.5 Å². The number of fused-ring (bicyclic) bond motifs is 1. The Morgan fingerprint density at radius 1 is 1.00 bits per heavy atom. The Morgan fingerprint density at radius 3 is 2.45 bits per heavy atom. The van der Waals surface area contributed by atoms with Crippen LogP contribution in [-0.4, -0.2) is 30.0 Å². The molecule has 2 aromatic heterocycles. The molecule has 4 aromatic rings. The number of hydrogen-bond donors (Lipinski definition) is 1. The third kappa shape index (κ3) is 5.03. The van der Waals surface area contributed by atoms with Crippen molar-refractivity contribution < 1.29 is 30.7 Å². The SMILES string of the molecule is Cc1nc(-c2cc(C(F)(F)F)ccc2[C@H]2CCOc3cc(S(=O)(=O)Nc4ncccn4)ccc32)ccc1F. The minimum absolute atomic E-state index is 0.0583. The van der Waals surface area contributed by atoms with E-state index in [2.05, 4.69) is 19.7 Å². The summed E-state index contributed by atoms with van der Waals surface area (Å²) < 4.78 is 88.4. The lowest BCUT2D eigenvalue weighted by atomic mass is 9.82. The number of rotatable bonds is 5. The number of alkyl halides is 3. The summed E-state index contributed by atoms with van der Waals surface area (Å²) in [4.78, 5) is 11.8. The Morgan fingerprint density at radius 2 is 1.74 bits per heavy atom. The van der Waals surface area contributed by atoms with Crippen molar-refractivity contribution in [2.24, 2.45) is 0 Å². The number of hydrogen-bond acceptors (Lipinski definition) is 6. The Hall–Kier alpha value is -4.06. The molecule has 196 valence electrons. The minimum atomic E-state index is -4.59. The molecular formula is C26H20F4N4O3S. The van der Waals surface area contributed by atoms with E-state index in [4.69, 9.17) is 4.74 Å². The summed E-state index contributed by atoms with van der Waals surface area (Å²) in [5.41, 5.74) is 0.745. The van der Waals surface area contributed by atoms with Gasteiger partial charge in [0.1, 0.15) is 11.6 Å². The van der Waals surface area contributed by atoms with Gasteiger partial charge in [-0.3, -0.25) is 4.98 Å². The van der Waals surface area contributed by atoms with E-state index < -0.39 is 33.5 Å². The summed E-state index contributed by atoms with van der Waals surface area (Å²) in [5.74, 6) is -0.806. The quantitative estimate of drug-likeness (QED) is 0.323. The Balaban J connectivity index is 1.58. The molecule has 0 saturated heterocycles. The first-order valence-electron chi connectivity index (χ1n) is 11.4. The number of nitrogens with zero attached hydrogens (tertiary/aromatic N) is 3. The van der Waals surface area contributed by atoms with Gasteiger partial charge in [-0.2, -0.15) is 13.2 Å². The summed E-state index contributed by atoms with van der Waals surface area (Å²) >= 11 is 0.